The second-order valence-corrected chi connectivity index (χ2v) is 3.82. The number of carbonyl (C=O) groups is 1. The van der Waals surface area contributed by atoms with Crippen LogP contribution in [-0.4, -0.2) is 5.78 Å². The SMILES string of the molecule is C#CC(=O)c1cc(Cl)c(C)cc1Br. The van der Waals surface area contributed by atoms with Crippen LogP contribution in [0.3, 0.4) is 0 Å². The van der Waals surface area contributed by atoms with Gasteiger partial charge in [-0.15, -0.1) is 6.42 Å². The van der Waals surface area contributed by atoms with Gasteiger partial charge in [-0.2, -0.15) is 0 Å². The van der Waals surface area contributed by atoms with E-state index in [4.69, 9.17) is 18.0 Å². The number of rotatable bonds is 1. The topological polar surface area (TPSA) is 17.1 Å². The van der Waals surface area contributed by atoms with Gasteiger partial charge in [-0.1, -0.05) is 11.6 Å². The molecule has 0 aliphatic heterocycles. The third kappa shape index (κ3) is 2.12. The summed E-state index contributed by atoms with van der Waals surface area (Å²) in [7, 11) is 0. The molecule has 13 heavy (non-hydrogen) atoms. The lowest BCUT2D eigenvalue weighted by Crippen LogP contribution is -1.96. The first-order chi connectivity index (χ1) is 6.06. The zero-order valence-electron chi connectivity index (χ0n) is 6.90. The van der Waals surface area contributed by atoms with E-state index in [1.807, 2.05) is 12.8 Å². The maximum atomic E-state index is 11.2. The molecule has 0 spiro atoms. The Morgan fingerprint density at radius 3 is 2.77 bits per heavy atom. The van der Waals surface area contributed by atoms with Gasteiger partial charge in [-0.05, 0) is 46.5 Å². The molecule has 0 atom stereocenters. The largest absolute Gasteiger partial charge is 0.279 e. The average Bonchev–Trinajstić information content (AvgIpc) is 2.10. The molecule has 0 saturated carbocycles. The zero-order valence-corrected chi connectivity index (χ0v) is 9.24. The number of hydrogen-bond donors (Lipinski definition) is 0. The van der Waals surface area contributed by atoms with E-state index in [2.05, 4.69) is 15.9 Å². The molecule has 0 unspecified atom stereocenters. The summed E-state index contributed by atoms with van der Waals surface area (Å²) in [5.74, 6) is 1.67. The Bertz CT molecular complexity index is 404. The van der Waals surface area contributed by atoms with Crippen LogP contribution in [-0.2, 0) is 0 Å². The molecule has 3 heteroatoms. The maximum Gasteiger partial charge on any atom is 0.236 e. The summed E-state index contributed by atoms with van der Waals surface area (Å²) in [6.45, 7) is 1.86. The van der Waals surface area contributed by atoms with E-state index in [0.29, 0.717) is 15.1 Å². The standard InChI is InChI=1S/C10H6BrClO/c1-3-10(13)7-5-9(12)6(2)4-8(7)11/h1,4-5H,2H3. The molecule has 0 fully saturated rings. The first-order valence-electron chi connectivity index (χ1n) is 3.53. The fraction of sp³-hybridized carbons (Fsp3) is 0.100. The first-order valence-corrected chi connectivity index (χ1v) is 4.70. The lowest BCUT2D eigenvalue weighted by Gasteiger charge is -2.02. The molecule has 0 N–H and O–H groups in total. The van der Waals surface area contributed by atoms with Crippen molar-refractivity contribution in [3.63, 3.8) is 0 Å². The molecule has 0 radical (unpaired) electrons. The highest BCUT2D eigenvalue weighted by atomic mass is 79.9. The number of terminal acetylenes is 1. The molecule has 0 aromatic heterocycles. The van der Waals surface area contributed by atoms with Crippen molar-refractivity contribution >= 4 is 33.3 Å². The van der Waals surface area contributed by atoms with Crippen molar-refractivity contribution in [2.75, 3.05) is 0 Å². The lowest BCUT2D eigenvalue weighted by molar-refractivity contribution is 0.105. The van der Waals surface area contributed by atoms with Crippen molar-refractivity contribution in [2.24, 2.45) is 0 Å². The van der Waals surface area contributed by atoms with E-state index in [-0.39, 0.29) is 5.78 Å². The van der Waals surface area contributed by atoms with Crippen LogP contribution in [0.1, 0.15) is 15.9 Å². The van der Waals surface area contributed by atoms with Gasteiger partial charge in [-0.25, -0.2) is 0 Å². The van der Waals surface area contributed by atoms with Crippen molar-refractivity contribution in [3.8, 4) is 12.3 Å². The quantitative estimate of drug-likeness (QED) is 0.429. The fourth-order valence-corrected chi connectivity index (χ4v) is 1.70. The molecule has 0 bridgehead atoms. The molecule has 0 heterocycles. The van der Waals surface area contributed by atoms with Crippen LogP contribution in [0.4, 0.5) is 0 Å². The van der Waals surface area contributed by atoms with Crippen LogP contribution in [0.25, 0.3) is 0 Å². The van der Waals surface area contributed by atoms with Gasteiger partial charge in [0.1, 0.15) is 0 Å². The number of halogens is 2. The second-order valence-electron chi connectivity index (χ2n) is 2.55. The highest BCUT2D eigenvalue weighted by molar-refractivity contribution is 9.10. The van der Waals surface area contributed by atoms with Crippen molar-refractivity contribution in [3.05, 3.63) is 32.8 Å². The summed E-state index contributed by atoms with van der Waals surface area (Å²) >= 11 is 9.09. The van der Waals surface area contributed by atoms with E-state index in [1.54, 1.807) is 12.1 Å². The Morgan fingerprint density at radius 1 is 1.62 bits per heavy atom. The number of hydrogen-bond acceptors (Lipinski definition) is 1. The van der Waals surface area contributed by atoms with Gasteiger partial charge in [0.05, 0.1) is 0 Å². The van der Waals surface area contributed by atoms with Crippen LogP contribution < -0.4 is 0 Å². The van der Waals surface area contributed by atoms with Gasteiger partial charge >= 0.3 is 0 Å². The first kappa shape index (κ1) is 10.3. The molecule has 1 aromatic rings. The Kier molecular flexibility index (Phi) is 3.13. The van der Waals surface area contributed by atoms with Crippen molar-refractivity contribution in [1.29, 1.82) is 0 Å². The molecule has 66 valence electrons. The van der Waals surface area contributed by atoms with Crippen LogP contribution in [0.5, 0.6) is 0 Å². The van der Waals surface area contributed by atoms with E-state index < -0.39 is 0 Å². The predicted octanol–water partition coefficient (Wildman–Crippen LogP) is 3.23. The normalized spacial score (nSPS) is 9.38. The van der Waals surface area contributed by atoms with Crippen molar-refractivity contribution in [1.82, 2.24) is 0 Å². The van der Waals surface area contributed by atoms with Crippen LogP contribution in [0.15, 0.2) is 16.6 Å². The highest BCUT2D eigenvalue weighted by Crippen LogP contribution is 2.25. The number of aryl methyl sites for hydroxylation is 1. The Balaban J connectivity index is 3.33. The molecule has 1 rings (SSSR count). The average molecular weight is 258 g/mol. The summed E-state index contributed by atoms with van der Waals surface area (Å²) in [4.78, 5) is 11.2. The summed E-state index contributed by atoms with van der Waals surface area (Å²) in [5, 5.41) is 0.543. The monoisotopic (exact) mass is 256 g/mol. The van der Waals surface area contributed by atoms with Crippen molar-refractivity contribution < 1.29 is 4.79 Å². The van der Waals surface area contributed by atoms with Crippen molar-refractivity contribution in [2.45, 2.75) is 6.92 Å². The number of benzene rings is 1. The number of Topliss-reactive ketones (excluding diaryl/α,β-unsaturated/α-hetero) is 1. The van der Waals surface area contributed by atoms with Crippen LogP contribution in [0.2, 0.25) is 5.02 Å². The van der Waals surface area contributed by atoms with Gasteiger partial charge in [0.2, 0.25) is 5.78 Å². The van der Waals surface area contributed by atoms with Gasteiger partial charge in [-0.3, -0.25) is 4.79 Å². The van der Waals surface area contributed by atoms with E-state index in [9.17, 15) is 4.79 Å². The second kappa shape index (κ2) is 3.95. The molecule has 0 saturated heterocycles. The fourth-order valence-electron chi connectivity index (χ4n) is 0.898. The number of ketones is 1. The minimum Gasteiger partial charge on any atom is -0.279 e. The summed E-state index contributed by atoms with van der Waals surface area (Å²) in [6.07, 6.45) is 5.00. The Hall–Kier alpha value is -0.780. The minimum atomic E-state index is -0.367. The zero-order chi connectivity index (χ0) is 10.0. The van der Waals surface area contributed by atoms with Gasteiger partial charge in [0.15, 0.2) is 0 Å². The molecule has 0 aliphatic rings. The molecular weight excluding hydrogens is 251 g/mol. The van der Waals surface area contributed by atoms with E-state index >= 15 is 0 Å². The molecule has 1 nitrogen and oxygen atoms in total. The van der Waals surface area contributed by atoms with Crippen LogP contribution in [0, 0.1) is 19.3 Å². The maximum absolute atomic E-state index is 11.2. The third-order valence-corrected chi connectivity index (χ3v) is 2.69. The van der Waals surface area contributed by atoms with Gasteiger partial charge < -0.3 is 0 Å². The minimum absolute atomic E-state index is 0.367. The Morgan fingerprint density at radius 2 is 2.23 bits per heavy atom. The summed E-state index contributed by atoms with van der Waals surface area (Å²) in [6, 6.07) is 3.34. The Labute approximate surface area is 90.2 Å². The summed E-state index contributed by atoms with van der Waals surface area (Å²) < 4.78 is 0.678. The number of carbonyl (C=O) groups excluding carboxylic acids is 1. The third-order valence-electron chi connectivity index (χ3n) is 1.62. The lowest BCUT2D eigenvalue weighted by atomic mass is 10.1. The highest BCUT2D eigenvalue weighted by Gasteiger charge is 2.09. The van der Waals surface area contributed by atoms with Gasteiger partial charge in [0, 0.05) is 15.1 Å². The van der Waals surface area contributed by atoms with E-state index in [1.165, 1.54) is 0 Å². The smallest absolute Gasteiger partial charge is 0.236 e. The molecule has 1 aromatic carbocycles. The van der Waals surface area contributed by atoms with Gasteiger partial charge in [0.25, 0.3) is 0 Å². The molecule has 0 aliphatic carbocycles. The van der Waals surface area contributed by atoms with Crippen LogP contribution >= 0.6 is 27.5 Å². The summed E-state index contributed by atoms with van der Waals surface area (Å²) in [5.41, 5.74) is 1.33. The molecular formula is C10H6BrClO. The predicted molar refractivity (Wildman–Crippen MR) is 57.1 cm³/mol. The van der Waals surface area contributed by atoms with E-state index in [0.717, 1.165) is 5.56 Å². The molecule has 0 amide bonds.